The van der Waals surface area contributed by atoms with Crippen molar-refractivity contribution < 1.29 is 77.2 Å². The molecule has 1 N–H and O–H groups in total. The predicted molar refractivity (Wildman–Crippen MR) is 165 cm³/mol. The first-order valence-electron chi connectivity index (χ1n) is 14.5. The number of carbonyl (C=O) groups is 4. The van der Waals surface area contributed by atoms with Gasteiger partial charge in [0.05, 0.1) is 22.6 Å². The summed E-state index contributed by atoms with van der Waals surface area (Å²) in [4.78, 5) is 65.6. The second kappa shape index (κ2) is 14.0. The van der Waals surface area contributed by atoms with Crippen LogP contribution in [-0.2, 0) is 19.1 Å². The molecular formula is C33H23FN3NaO10S. The SMILES string of the molecule is O=C(COc1ccccc1)N[C@@H]1C(=O)N2C(C(=O)[O-])=C(COC(=O)c3cn(-c4ccc(F)cc4)c4cc5c(cc4c3=O)OCO5)CS[C@H]12.[Na+]. The van der Waals surface area contributed by atoms with Crippen molar-refractivity contribution in [3.8, 4) is 22.9 Å². The molecule has 0 aliphatic carbocycles. The number of halogens is 1. The number of hydrogen-bond donors (Lipinski definition) is 1. The van der Waals surface area contributed by atoms with Crippen LogP contribution in [0.4, 0.5) is 4.39 Å². The molecule has 1 saturated heterocycles. The minimum atomic E-state index is -1.67. The van der Waals surface area contributed by atoms with Gasteiger partial charge in [-0.05, 0) is 42.5 Å². The summed E-state index contributed by atoms with van der Waals surface area (Å²) in [5.41, 5.74) is -0.699. The van der Waals surface area contributed by atoms with Gasteiger partial charge in [-0.2, -0.15) is 0 Å². The Morgan fingerprint density at radius 1 is 1.02 bits per heavy atom. The number of ether oxygens (including phenoxy) is 4. The second-order valence-corrected chi connectivity index (χ2v) is 11.9. The Morgan fingerprint density at radius 2 is 1.73 bits per heavy atom. The number of nitrogens with zero attached hydrogens (tertiary/aromatic N) is 2. The number of fused-ring (bicyclic) bond motifs is 3. The van der Waals surface area contributed by atoms with Gasteiger partial charge in [-0.25, -0.2) is 9.18 Å². The molecule has 16 heteroatoms. The van der Waals surface area contributed by atoms with Crippen LogP contribution < -0.4 is 59.6 Å². The first-order chi connectivity index (χ1) is 23.2. The summed E-state index contributed by atoms with van der Waals surface area (Å²) in [6, 6.07) is 16.0. The fourth-order valence-electron chi connectivity index (χ4n) is 5.57. The van der Waals surface area contributed by atoms with Crippen molar-refractivity contribution in [2.45, 2.75) is 11.4 Å². The molecule has 2 amide bonds. The van der Waals surface area contributed by atoms with E-state index in [1.54, 1.807) is 36.4 Å². The molecule has 7 rings (SSSR count). The molecular weight excluding hydrogens is 672 g/mol. The van der Waals surface area contributed by atoms with Gasteiger partial charge < -0.3 is 38.7 Å². The summed E-state index contributed by atoms with van der Waals surface area (Å²) >= 11 is 1.16. The first kappa shape index (κ1) is 34.0. The maximum Gasteiger partial charge on any atom is 1.00 e. The third-order valence-electron chi connectivity index (χ3n) is 7.87. The Hall–Kier alpha value is -4.83. The maximum atomic E-state index is 13.7. The van der Waals surface area contributed by atoms with Crippen molar-refractivity contribution in [1.82, 2.24) is 14.8 Å². The van der Waals surface area contributed by atoms with E-state index < -0.39 is 58.7 Å². The molecule has 0 bridgehead atoms. The van der Waals surface area contributed by atoms with Gasteiger partial charge in [0.1, 0.15) is 35.2 Å². The number of carbonyl (C=O) groups excluding carboxylic acids is 4. The van der Waals surface area contributed by atoms with Gasteiger partial charge in [-0.1, -0.05) is 18.2 Å². The molecule has 2 atom stereocenters. The molecule has 0 saturated carbocycles. The molecule has 1 aromatic heterocycles. The molecule has 0 unspecified atom stereocenters. The van der Waals surface area contributed by atoms with Gasteiger partial charge in [0.25, 0.3) is 11.8 Å². The Balaban J connectivity index is 0.00000417. The van der Waals surface area contributed by atoms with Crippen LogP contribution in [-0.4, -0.2) is 70.4 Å². The molecule has 0 radical (unpaired) electrons. The van der Waals surface area contributed by atoms with Crippen LogP contribution in [0.15, 0.2) is 89.0 Å². The maximum absolute atomic E-state index is 13.7. The van der Waals surface area contributed by atoms with E-state index >= 15 is 0 Å². The van der Waals surface area contributed by atoms with Crippen molar-refractivity contribution in [2.24, 2.45) is 0 Å². The van der Waals surface area contributed by atoms with Gasteiger partial charge in [0, 0.05) is 29.3 Å². The monoisotopic (exact) mass is 695 g/mol. The Labute approximate surface area is 302 Å². The van der Waals surface area contributed by atoms with Crippen LogP contribution in [0.3, 0.4) is 0 Å². The second-order valence-electron chi connectivity index (χ2n) is 10.8. The number of aliphatic carboxylic acids is 1. The van der Waals surface area contributed by atoms with Crippen LogP contribution >= 0.6 is 11.8 Å². The summed E-state index contributed by atoms with van der Waals surface area (Å²) in [6.07, 6.45) is 1.25. The number of thioether (sulfide) groups is 1. The summed E-state index contributed by atoms with van der Waals surface area (Å²) in [6.45, 7) is -0.978. The number of rotatable bonds is 9. The smallest absolute Gasteiger partial charge is 0.543 e. The number of benzene rings is 3. The van der Waals surface area contributed by atoms with Crippen molar-refractivity contribution in [3.05, 3.63) is 106 Å². The van der Waals surface area contributed by atoms with E-state index in [9.17, 15) is 33.5 Å². The number of esters is 1. The van der Waals surface area contributed by atoms with E-state index in [2.05, 4.69) is 5.32 Å². The fraction of sp³-hybridized carbons (Fsp3) is 0.182. The largest absolute Gasteiger partial charge is 1.00 e. The molecule has 13 nitrogen and oxygen atoms in total. The average Bonchev–Trinajstić information content (AvgIpc) is 3.56. The molecule has 1 fully saturated rings. The number of hydrogen-bond acceptors (Lipinski definition) is 11. The van der Waals surface area contributed by atoms with E-state index in [1.807, 2.05) is 0 Å². The minimum Gasteiger partial charge on any atom is -0.543 e. The van der Waals surface area contributed by atoms with Crippen molar-refractivity contribution in [1.29, 1.82) is 0 Å². The minimum absolute atomic E-state index is 0. The van der Waals surface area contributed by atoms with Gasteiger partial charge in [-0.3, -0.25) is 19.3 Å². The summed E-state index contributed by atoms with van der Waals surface area (Å²) in [7, 11) is 0. The summed E-state index contributed by atoms with van der Waals surface area (Å²) in [5.74, 6) is -3.30. The normalized spacial score (nSPS) is 17.5. The first-order valence-corrected chi connectivity index (χ1v) is 15.5. The van der Waals surface area contributed by atoms with E-state index in [0.29, 0.717) is 28.5 Å². The van der Waals surface area contributed by atoms with E-state index in [4.69, 9.17) is 18.9 Å². The number of pyridine rings is 1. The zero-order chi connectivity index (χ0) is 33.5. The number of para-hydroxylation sites is 1. The van der Waals surface area contributed by atoms with E-state index in [-0.39, 0.29) is 65.2 Å². The van der Waals surface area contributed by atoms with Crippen molar-refractivity contribution in [3.63, 3.8) is 0 Å². The van der Waals surface area contributed by atoms with Gasteiger partial charge >= 0.3 is 35.5 Å². The quantitative estimate of drug-likeness (QED) is 0.123. The van der Waals surface area contributed by atoms with Crippen LogP contribution in [0, 0.1) is 5.82 Å². The van der Waals surface area contributed by atoms with Crippen molar-refractivity contribution in [2.75, 3.05) is 25.8 Å². The summed E-state index contributed by atoms with van der Waals surface area (Å²) in [5, 5.41) is 14.1. The fourth-order valence-corrected chi connectivity index (χ4v) is 6.90. The van der Waals surface area contributed by atoms with Gasteiger partial charge in [0.15, 0.2) is 18.1 Å². The molecule has 244 valence electrons. The molecule has 3 aliphatic rings. The van der Waals surface area contributed by atoms with Crippen LogP contribution in [0.5, 0.6) is 17.2 Å². The number of nitrogens with one attached hydrogen (secondary N) is 1. The number of β-lactam (4-membered cyclic amide) rings is 1. The number of amides is 2. The molecule has 49 heavy (non-hydrogen) atoms. The predicted octanol–water partition coefficient (Wildman–Crippen LogP) is -1.50. The van der Waals surface area contributed by atoms with Crippen LogP contribution in [0.25, 0.3) is 16.6 Å². The Morgan fingerprint density at radius 3 is 2.45 bits per heavy atom. The van der Waals surface area contributed by atoms with Crippen LogP contribution in [0.1, 0.15) is 10.4 Å². The summed E-state index contributed by atoms with van der Waals surface area (Å²) < 4.78 is 36.9. The number of carboxylic acid groups (broad SMARTS) is 1. The zero-order valence-electron chi connectivity index (χ0n) is 25.7. The average molecular weight is 696 g/mol. The van der Waals surface area contributed by atoms with E-state index in [1.165, 1.54) is 41.1 Å². The van der Waals surface area contributed by atoms with Gasteiger partial charge in [0.2, 0.25) is 12.2 Å². The Kier molecular flexibility index (Phi) is 9.70. The van der Waals surface area contributed by atoms with Gasteiger partial charge in [-0.15, -0.1) is 11.8 Å². The van der Waals surface area contributed by atoms with E-state index in [0.717, 1.165) is 16.7 Å². The third kappa shape index (κ3) is 6.49. The third-order valence-corrected chi connectivity index (χ3v) is 9.21. The molecule has 3 aromatic carbocycles. The topological polar surface area (TPSA) is 166 Å². The molecule has 4 heterocycles. The molecule has 3 aliphatic heterocycles. The zero-order valence-corrected chi connectivity index (χ0v) is 28.5. The van der Waals surface area contributed by atoms with Crippen molar-refractivity contribution >= 4 is 46.4 Å². The standard InChI is InChI=1S/C33H24FN3O10S.Na/c34-18-6-8-19(9-7-18)36-12-22(29(39)21-10-24-25(11-23(21)36)47-16-46-24)33(43)45-13-17-15-48-31-27(30(40)37(31)28(17)32(41)42)35-26(38)14-44-20-4-2-1-3-5-20;/h1-12,27,31H,13-16H2,(H,35,38)(H,41,42);/q;+1/p-1/t27-,31-;/m1./s1. The molecule has 0 spiro atoms. The molecule has 4 aromatic rings. The van der Waals surface area contributed by atoms with Crippen LogP contribution in [0.2, 0.25) is 0 Å². The number of carboxylic acids is 1. The number of aromatic nitrogens is 1. The Bertz CT molecular complexity index is 2090.